The molecule has 0 aliphatic carbocycles. The van der Waals surface area contributed by atoms with Gasteiger partial charge in [-0.3, -0.25) is 14.9 Å². The Morgan fingerprint density at radius 3 is 2.57 bits per heavy atom. The van der Waals surface area contributed by atoms with Gasteiger partial charge in [0.25, 0.3) is 11.8 Å². The molecule has 8 heteroatoms. The lowest BCUT2D eigenvalue weighted by molar-refractivity contribution is -0.122. The quantitative estimate of drug-likeness (QED) is 0.436. The van der Waals surface area contributed by atoms with Crippen LogP contribution in [0.2, 0.25) is 5.02 Å². The average molecular weight is 422 g/mol. The molecule has 0 radical (unpaired) electrons. The third kappa shape index (κ3) is 4.40. The van der Waals surface area contributed by atoms with Crippen molar-refractivity contribution in [2.24, 2.45) is 0 Å². The minimum atomic E-state index is -0.836. The topological polar surface area (TPSA) is 99.5 Å². The second kappa shape index (κ2) is 9.07. The van der Waals surface area contributed by atoms with Crippen molar-refractivity contribution in [3.63, 3.8) is 0 Å². The van der Waals surface area contributed by atoms with E-state index in [9.17, 15) is 14.4 Å². The van der Waals surface area contributed by atoms with Gasteiger partial charge in [-0.2, -0.15) is 5.26 Å². The molecule has 0 atom stereocenters. The van der Waals surface area contributed by atoms with Crippen LogP contribution in [0, 0.1) is 11.3 Å². The van der Waals surface area contributed by atoms with Crippen LogP contribution in [0.25, 0.3) is 6.08 Å². The van der Waals surface area contributed by atoms with E-state index in [1.165, 1.54) is 18.2 Å². The molecule has 4 amide bonds. The van der Waals surface area contributed by atoms with E-state index in [0.29, 0.717) is 22.8 Å². The molecule has 3 rings (SSSR count). The number of benzene rings is 2. The number of carbonyl (C=O) groups excluding carboxylic acids is 3. The number of urea groups is 1. The monoisotopic (exact) mass is 421 g/mol. The summed E-state index contributed by atoms with van der Waals surface area (Å²) in [5.74, 6) is -1.03. The van der Waals surface area contributed by atoms with Gasteiger partial charge in [0.1, 0.15) is 17.4 Å². The van der Waals surface area contributed by atoms with Gasteiger partial charge < -0.3 is 4.74 Å². The van der Waals surface area contributed by atoms with Gasteiger partial charge in [-0.25, -0.2) is 9.69 Å². The van der Waals surface area contributed by atoms with Gasteiger partial charge in [-0.05, 0) is 60.0 Å². The first-order valence-corrected chi connectivity index (χ1v) is 9.23. The second-order valence-electron chi connectivity index (χ2n) is 6.24. The van der Waals surface area contributed by atoms with E-state index < -0.39 is 17.8 Å². The zero-order valence-electron chi connectivity index (χ0n) is 15.7. The molecule has 0 saturated carbocycles. The molecule has 0 unspecified atom stereocenters. The third-order valence-electron chi connectivity index (χ3n) is 4.24. The third-order valence-corrected chi connectivity index (χ3v) is 4.49. The van der Waals surface area contributed by atoms with Gasteiger partial charge in [-0.1, -0.05) is 23.7 Å². The number of barbiturate groups is 1. The number of rotatable bonds is 6. The lowest BCUT2D eigenvalue weighted by atomic mass is 10.0. The molecule has 0 spiro atoms. The van der Waals surface area contributed by atoms with E-state index in [4.69, 9.17) is 21.6 Å². The smallest absolute Gasteiger partial charge is 0.335 e. The van der Waals surface area contributed by atoms with Crippen LogP contribution < -0.4 is 15.0 Å². The zero-order valence-corrected chi connectivity index (χ0v) is 16.5. The summed E-state index contributed by atoms with van der Waals surface area (Å²) in [5.41, 5.74) is 1.39. The maximum Gasteiger partial charge on any atom is 0.335 e. The predicted molar refractivity (Wildman–Crippen MR) is 112 cm³/mol. The van der Waals surface area contributed by atoms with Gasteiger partial charge in [0.05, 0.1) is 5.69 Å². The maximum absolute atomic E-state index is 12.9. The van der Waals surface area contributed by atoms with Crippen molar-refractivity contribution in [2.45, 2.75) is 6.42 Å². The summed E-state index contributed by atoms with van der Waals surface area (Å²) in [7, 11) is 0. The lowest BCUT2D eigenvalue weighted by Crippen LogP contribution is -2.54. The number of hydrogen-bond acceptors (Lipinski definition) is 5. The Hall–Kier alpha value is -3.89. The molecule has 0 bridgehead atoms. The standard InChI is InChI=1S/C22H16ClN3O4/c1-2-3-15-12-14(4-9-19(15)30-11-10-24)13-18-20(27)25-22(29)26(21(18)28)17-7-5-16(23)6-8-17/h2,4-9,12-13H,1,3,11H2,(H,25,27,29)/b18-13+. The highest BCUT2D eigenvalue weighted by molar-refractivity contribution is 6.39. The lowest BCUT2D eigenvalue weighted by Gasteiger charge is -2.26. The number of nitrogens with zero attached hydrogens (tertiary/aromatic N) is 2. The van der Waals surface area contributed by atoms with E-state index in [2.05, 4.69) is 11.9 Å². The molecule has 2 aromatic carbocycles. The molecule has 1 aliphatic heterocycles. The molecule has 1 aliphatic rings. The number of nitriles is 1. The van der Waals surface area contributed by atoms with E-state index >= 15 is 0 Å². The molecule has 1 saturated heterocycles. The number of imide groups is 2. The van der Waals surface area contributed by atoms with E-state index in [0.717, 1.165) is 10.5 Å². The van der Waals surface area contributed by atoms with E-state index in [-0.39, 0.29) is 17.9 Å². The summed E-state index contributed by atoms with van der Waals surface area (Å²) < 4.78 is 5.39. The van der Waals surface area contributed by atoms with Crippen molar-refractivity contribution in [1.29, 1.82) is 5.26 Å². The number of hydrogen-bond donors (Lipinski definition) is 1. The minimum Gasteiger partial charge on any atom is -0.478 e. The van der Waals surface area contributed by atoms with Gasteiger partial charge in [0, 0.05) is 5.02 Å². The molecule has 1 heterocycles. The van der Waals surface area contributed by atoms with Gasteiger partial charge >= 0.3 is 6.03 Å². The van der Waals surface area contributed by atoms with Crippen molar-refractivity contribution in [3.05, 3.63) is 76.8 Å². The van der Waals surface area contributed by atoms with Crippen LogP contribution in [0.5, 0.6) is 5.75 Å². The van der Waals surface area contributed by atoms with Crippen LogP contribution >= 0.6 is 11.6 Å². The highest BCUT2D eigenvalue weighted by atomic mass is 35.5. The van der Waals surface area contributed by atoms with Crippen molar-refractivity contribution < 1.29 is 19.1 Å². The zero-order chi connectivity index (χ0) is 21.7. The number of halogens is 1. The first-order chi connectivity index (χ1) is 14.4. The Morgan fingerprint density at radius 1 is 1.17 bits per heavy atom. The molecule has 2 aromatic rings. The summed E-state index contributed by atoms with van der Waals surface area (Å²) in [6, 6.07) is 12.2. The number of amides is 4. The van der Waals surface area contributed by atoms with Gasteiger partial charge in [0.15, 0.2) is 6.61 Å². The van der Waals surface area contributed by atoms with Crippen molar-refractivity contribution >= 4 is 41.2 Å². The number of allylic oxidation sites excluding steroid dienone is 1. The maximum atomic E-state index is 12.9. The van der Waals surface area contributed by atoms with Crippen LogP contribution in [0.4, 0.5) is 10.5 Å². The molecule has 0 aromatic heterocycles. The molecule has 7 nitrogen and oxygen atoms in total. The molecule has 30 heavy (non-hydrogen) atoms. The SMILES string of the molecule is C=CCc1cc(/C=C2\C(=O)NC(=O)N(c3ccc(Cl)cc3)C2=O)ccc1OCC#N. The fraction of sp³-hybridized carbons (Fsp3) is 0.0909. The van der Waals surface area contributed by atoms with Crippen molar-refractivity contribution in [1.82, 2.24) is 5.32 Å². The Kier molecular flexibility index (Phi) is 6.30. The van der Waals surface area contributed by atoms with E-state index in [1.54, 1.807) is 36.4 Å². The molecule has 150 valence electrons. The van der Waals surface area contributed by atoms with Crippen molar-refractivity contribution in [2.75, 3.05) is 11.5 Å². The summed E-state index contributed by atoms with van der Waals surface area (Å²) >= 11 is 5.86. The minimum absolute atomic E-state index is 0.108. The molecule has 1 N–H and O–H groups in total. The molecular formula is C22H16ClN3O4. The Morgan fingerprint density at radius 2 is 1.90 bits per heavy atom. The summed E-state index contributed by atoms with van der Waals surface area (Å²) in [5, 5.41) is 11.3. The average Bonchev–Trinajstić information content (AvgIpc) is 2.72. The number of nitrogens with one attached hydrogen (secondary N) is 1. The van der Waals surface area contributed by atoms with Crippen molar-refractivity contribution in [3.8, 4) is 11.8 Å². The number of ether oxygens (including phenoxy) is 1. The second-order valence-corrected chi connectivity index (χ2v) is 6.68. The fourth-order valence-electron chi connectivity index (χ4n) is 2.90. The summed E-state index contributed by atoms with van der Waals surface area (Å²) in [6.07, 6.45) is 3.53. The summed E-state index contributed by atoms with van der Waals surface area (Å²) in [4.78, 5) is 38.4. The molecule has 1 fully saturated rings. The number of carbonyl (C=O) groups is 3. The first kappa shape index (κ1) is 20.8. The van der Waals surface area contributed by atoms with Gasteiger partial charge in [-0.15, -0.1) is 6.58 Å². The highest BCUT2D eigenvalue weighted by Gasteiger charge is 2.36. The molecular weight excluding hydrogens is 406 g/mol. The summed E-state index contributed by atoms with van der Waals surface area (Å²) in [6.45, 7) is 3.59. The predicted octanol–water partition coefficient (Wildman–Crippen LogP) is 3.64. The first-order valence-electron chi connectivity index (χ1n) is 8.85. The fourth-order valence-corrected chi connectivity index (χ4v) is 3.03. The van der Waals surface area contributed by atoms with Crippen LogP contribution in [-0.2, 0) is 16.0 Å². The van der Waals surface area contributed by atoms with Gasteiger partial charge in [0.2, 0.25) is 0 Å². The van der Waals surface area contributed by atoms with E-state index in [1.807, 2.05) is 6.07 Å². The Bertz CT molecular complexity index is 1100. The Labute approximate surface area is 177 Å². The Balaban J connectivity index is 1.97. The number of anilines is 1. The normalized spacial score (nSPS) is 15.0. The highest BCUT2D eigenvalue weighted by Crippen LogP contribution is 2.26. The van der Waals surface area contributed by atoms with Crippen LogP contribution in [0.15, 0.2) is 60.7 Å². The van der Waals surface area contributed by atoms with Crippen LogP contribution in [0.1, 0.15) is 11.1 Å². The largest absolute Gasteiger partial charge is 0.478 e. The van der Waals surface area contributed by atoms with Crippen LogP contribution in [-0.4, -0.2) is 24.5 Å². The van der Waals surface area contributed by atoms with Crippen LogP contribution in [0.3, 0.4) is 0 Å².